The minimum atomic E-state index is -0.933. The van der Waals surface area contributed by atoms with Gasteiger partial charge in [-0.25, -0.2) is 0 Å². The highest BCUT2D eigenvalue weighted by Crippen LogP contribution is 2.22. The van der Waals surface area contributed by atoms with Gasteiger partial charge >= 0.3 is 0 Å². The molecule has 5 heteroatoms. The maximum atomic E-state index is 11.4. The molecule has 0 spiro atoms. The van der Waals surface area contributed by atoms with E-state index in [1.54, 1.807) is 35.0 Å². The first-order valence-corrected chi connectivity index (χ1v) is 6.24. The van der Waals surface area contributed by atoms with Crippen LogP contribution in [-0.4, -0.2) is 21.4 Å². The standard InChI is InChI=1S/C14H14ClNO3/c15-11-3-1-10(2-4-11)14(19)13-9-12(18)5-6-16(13)7-8-17/h1-6,9,14,17,19H,7-8H2. The van der Waals surface area contributed by atoms with Crippen molar-refractivity contribution in [1.82, 2.24) is 4.57 Å². The predicted molar refractivity (Wildman–Crippen MR) is 73.3 cm³/mol. The molecular formula is C14H14ClNO3. The Morgan fingerprint density at radius 1 is 1.21 bits per heavy atom. The molecule has 0 amide bonds. The highest BCUT2D eigenvalue weighted by atomic mass is 35.5. The summed E-state index contributed by atoms with van der Waals surface area (Å²) in [7, 11) is 0. The molecule has 0 fully saturated rings. The summed E-state index contributed by atoms with van der Waals surface area (Å²) in [4.78, 5) is 11.4. The van der Waals surface area contributed by atoms with Crippen LogP contribution in [0.15, 0.2) is 47.4 Å². The molecule has 2 N–H and O–H groups in total. The third-order valence-corrected chi connectivity index (χ3v) is 3.10. The lowest BCUT2D eigenvalue weighted by Crippen LogP contribution is -2.17. The van der Waals surface area contributed by atoms with Crippen molar-refractivity contribution in [3.63, 3.8) is 0 Å². The Morgan fingerprint density at radius 2 is 1.89 bits per heavy atom. The average molecular weight is 280 g/mol. The molecule has 1 aromatic heterocycles. The van der Waals surface area contributed by atoms with Gasteiger partial charge in [0.1, 0.15) is 6.10 Å². The second-order valence-electron chi connectivity index (χ2n) is 4.16. The topological polar surface area (TPSA) is 62.5 Å². The van der Waals surface area contributed by atoms with Gasteiger partial charge in [0.25, 0.3) is 0 Å². The predicted octanol–water partition coefficient (Wildman–Crippen LogP) is 1.58. The lowest BCUT2D eigenvalue weighted by molar-refractivity contribution is 0.202. The first-order valence-electron chi connectivity index (χ1n) is 5.86. The van der Waals surface area contributed by atoms with E-state index in [1.165, 1.54) is 12.1 Å². The maximum Gasteiger partial charge on any atom is 0.181 e. The van der Waals surface area contributed by atoms with Crippen molar-refractivity contribution in [1.29, 1.82) is 0 Å². The second-order valence-corrected chi connectivity index (χ2v) is 4.59. The van der Waals surface area contributed by atoms with Crippen LogP contribution in [0.4, 0.5) is 0 Å². The van der Waals surface area contributed by atoms with Gasteiger partial charge in [-0.15, -0.1) is 0 Å². The van der Waals surface area contributed by atoms with Gasteiger partial charge < -0.3 is 14.8 Å². The van der Waals surface area contributed by atoms with E-state index in [2.05, 4.69) is 0 Å². The molecule has 1 atom stereocenters. The number of rotatable bonds is 4. The van der Waals surface area contributed by atoms with Crippen LogP contribution >= 0.6 is 11.6 Å². The van der Waals surface area contributed by atoms with Crippen molar-refractivity contribution in [2.45, 2.75) is 12.6 Å². The Bertz CT molecular complexity index is 607. The molecule has 0 aliphatic carbocycles. The van der Waals surface area contributed by atoms with Crippen molar-refractivity contribution < 1.29 is 10.2 Å². The second kappa shape index (κ2) is 6.02. The summed E-state index contributed by atoms with van der Waals surface area (Å²) in [6.07, 6.45) is 0.630. The van der Waals surface area contributed by atoms with Crippen LogP contribution in [0.1, 0.15) is 17.4 Å². The summed E-state index contributed by atoms with van der Waals surface area (Å²) >= 11 is 5.80. The van der Waals surface area contributed by atoms with Crippen LogP contribution in [0, 0.1) is 0 Å². The fourth-order valence-corrected chi connectivity index (χ4v) is 2.02. The molecule has 0 aliphatic rings. The van der Waals surface area contributed by atoms with E-state index in [1.807, 2.05) is 0 Å². The van der Waals surface area contributed by atoms with Gasteiger partial charge in [0.15, 0.2) is 5.43 Å². The van der Waals surface area contributed by atoms with Crippen molar-refractivity contribution in [3.05, 3.63) is 69.1 Å². The molecule has 1 heterocycles. The zero-order chi connectivity index (χ0) is 13.8. The number of nitrogens with zero attached hydrogens (tertiary/aromatic N) is 1. The largest absolute Gasteiger partial charge is 0.395 e. The van der Waals surface area contributed by atoms with Crippen molar-refractivity contribution in [2.75, 3.05) is 6.61 Å². The highest BCUT2D eigenvalue weighted by molar-refractivity contribution is 6.30. The monoisotopic (exact) mass is 279 g/mol. The smallest absolute Gasteiger partial charge is 0.181 e. The van der Waals surface area contributed by atoms with Gasteiger partial charge in [0.2, 0.25) is 0 Å². The van der Waals surface area contributed by atoms with Gasteiger partial charge in [0.05, 0.1) is 12.3 Å². The molecule has 0 aliphatic heterocycles. The quantitative estimate of drug-likeness (QED) is 0.893. The van der Waals surface area contributed by atoms with E-state index >= 15 is 0 Å². The fraction of sp³-hybridized carbons (Fsp3) is 0.214. The molecule has 4 nitrogen and oxygen atoms in total. The van der Waals surface area contributed by atoms with E-state index in [9.17, 15) is 9.90 Å². The molecule has 2 aromatic rings. The Hall–Kier alpha value is -1.62. The van der Waals surface area contributed by atoms with Gasteiger partial charge in [-0.05, 0) is 17.7 Å². The van der Waals surface area contributed by atoms with E-state index in [-0.39, 0.29) is 12.0 Å². The molecule has 1 aromatic carbocycles. The zero-order valence-corrected chi connectivity index (χ0v) is 10.9. The summed E-state index contributed by atoms with van der Waals surface area (Å²) in [6.45, 7) is 0.253. The van der Waals surface area contributed by atoms with Crippen molar-refractivity contribution >= 4 is 11.6 Å². The van der Waals surface area contributed by atoms with Crippen LogP contribution < -0.4 is 5.43 Å². The zero-order valence-electron chi connectivity index (χ0n) is 10.2. The van der Waals surface area contributed by atoms with Crippen LogP contribution in [0.5, 0.6) is 0 Å². The number of aliphatic hydroxyl groups is 2. The molecule has 0 saturated carbocycles. The maximum absolute atomic E-state index is 11.4. The number of halogens is 1. The molecule has 100 valence electrons. The normalized spacial score (nSPS) is 12.4. The molecule has 0 saturated heterocycles. The number of benzene rings is 1. The van der Waals surface area contributed by atoms with Gasteiger partial charge in [-0.2, -0.15) is 0 Å². The average Bonchev–Trinajstić information content (AvgIpc) is 2.41. The van der Waals surface area contributed by atoms with Crippen LogP contribution in [0.25, 0.3) is 0 Å². The molecular weight excluding hydrogens is 266 g/mol. The molecule has 19 heavy (non-hydrogen) atoms. The third kappa shape index (κ3) is 3.23. The van der Waals surface area contributed by atoms with E-state index in [0.29, 0.717) is 22.8 Å². The molecule has 0 radical (unpaired) electrons. The fourth-order valence-electron chi connectivity index (χ4n) is 1.89. The van der Waals surface area contributed by atoms with E-state index < -0.39 is 6.10 Å². The molecule has 0 bridgehead atoms. The third-order valence-electron chi connectivity index (χ3n) is 2.85. The Balaban J connectivity index is 2.42. The lowest BCUT2D eigenvalue weighted by Gasteiger charge is -2.17. The number of aromatic nitrogens is 1. The Kier molecular flexibility index (Phi) is 4.37. The molecule has 2 rings (SSSR count). The van der Waals surface area contributed by atoms with E-state index in [4.69, 9.17) is 16.7 Å². The minimum absolute atomic E-state index is 0.0663. The van der Waals surface area contributed by atoms with Crippen LogP contribution in [-0.2, 0) is 6.54 Å². The number of aliphatic hydroxyl groups excluding tert-OH is 2. The minimum Gasteiger partial charge on any atom is -0.395 e. The first-order chi connectivity index (χ1) is 9.11. The van der Waals surface area contributed by atoms with E-state index in [0.717, 1.165) is 0 Å². The Morgan fingerprint density at radius 3 is 2.53 bits per heavy atom. The summed E-state index contributed by atoms with van der Waals surface area (Å²) in [5, 5.41) is 19.9. The van der Waals surface area contributed by atoms with Gasteiger partial charge in [-0.1, -0.05) is 23.7 Å². The summed E-state index contributed by atoms with van der Waals surface area (Å²) < 4.78 is 1.65. The number of hydrogen-bond acceptors (Lipinski definition) is 3. The number of pyridine rings is 1. The summed E-state index contributed by atoms with van der Waals surface area (Å²) in [6, 6.07) is 9.53. The first kappa shape index (κ1) is 13.8. The van der Waals surface area contributed by atoms with Crippen molar-refractivity contribution in [3.8, 4) is 0 Å². The van der Waals surface area contributed by atoms with Gasteiger partial charge in [0, 0.05) is 29.9 Å². The SMILES string of the molecule is O=c1ccn(CCO)c(C(O)c2ccc(Cl)cc2)c1. The summed E-state index contributed by atoms with van der Waals surface area (Å²) in [5.74, 6) is 0. The Labute approximate surface area is 115 Å². The number of hydrogen-bond donors (Lipinski definition) is 2. The van der Waals surface area contributed by atoms with Crippen molar-refractivity contribution in [2.24, 2.45) is 0 Å². The van der Waals surface area contributed by atoms with Gasteiger partial charge in [-0.3, -0.25) is 4.79 Å². The lowest BCUT2D eigenvalue weighted by atomic mass is 10.1. The molecule has 1 unspecified atom stereocenters. The highest BCUT2D eigenvalue weighted by Gasteiger charge is 2.14. The van der Waals surface area contributed by atoms with Crippen LogP contribution in [0.2, 0.25) is 5.02 Å². The van der Waals surface area contributed by atoms with Crippen LogP contribution in [0.3, 0.4) is 0 Å². The summed E-state index contributed by atoms with van der Waals surface area (Å²) in [5.41, 5.74) is 0.905.